The Morgan fingerprint density at radius 1 is 1.00 bits per heavy atom. The Kier molecular flexibility index (Phi) is 6.43. The predicted octanol–water partition coefficient (Wildman–Crippen LogP) is 3.85. The Hall–Kier alpha value is -1.58. The minimum Gasteiger partial charge on any atom is -0.491 e. The lowest BCUT2D eigenvalue weighted by atomic mass is 10.1. The second-order valence-corrected chi connectivity index (χ2v) is 6.72. The maximum Gasteiger partial charge on any atom is 0.137 e. The fourth-order valence-corrected chi connectivity index (χ4v) is 3.39. The summed E-state index contributed by atoms with van der Waals surface area (Å²) >= 11 is 0. The fraction of sp³-hybridized carbons (Fsp3) is 0.500. The third-order valence-corrected chi connectivity index (χ3v) is 4.34. The molecule has 2 aromatic rings. The van der Waals surface area contributed by atoms with Crippen molar-refractivity contribution in [2.45, 2.75) is 32.8 Å². The van der Waals surface area contributed by atoms with Crippen LogP contribution in [0, 0.1) is 0 Å². The van der Waals surface area contributed by atoms with Crippen molar-refractivity contribution in [2.75, 3.05) is 33.3 Å². The van der Waals surface area contributed by atoms with Crippen LogP contribution in [0.5, 0.6) is 5.75 Å². The lowest BCUT2D eigenvalue weighted by Crippen LogP contribution is -2.51. The van der Waals surface area contributed by atoms with Gasteiger partial charge in [-0.2, -0.15) is 0 Å². The van der Waals surface area contributed by atoms with Crippen LogP contribution in [0.2, 0.25) is 0 Å². The van der Waals surface area contributed by atoms with E-state index < -0.39 is 6.10 Å². The Balaban J connectivity index is 1.93. The van der Waals surface area contributed by atoms with E-state index in [4.69, 9.17) is 4.74 Å². The van der Waals surface area contributed by atoms with E-state index >= 15 is 0 Å². The van der Waals surface area contributed by atoms with E-state index in [0.717, 1.165) is 48.1 Å². The number of fused-ring (bicyclic) bond motifs is 1. The summed E-state index contributed by atoms with van der Waals surface area (Å²) < 4.78 is 6.73. The highest BCUT2D eigenvalue weighted by Crippen LogP contribution is 2.20. The number of nitrogens with zero attached hydrogens (tertiary/aromatic N) is 1. The monoisotopic (exact) mass is 316 g/mol. The zero-order chi connectivity index (χ0) is 16.7. The summed E-state index contributed by atoms with van der Waals surface area (Å²) in [6.07, 6.45) is 1.83. The molecule has 2 aromatic carbocycles. The van der Waals surface area contributed by atoms with Gasteiger partial charge in [-0.1, -0.05) is 44.2 Å². The average molecular weight is 316 g/mol. The van der Waals surface area contributed by atoms with Crippen molar-refractivity contribution in [2.24, 2.45) is 0 Å². The number of aliphatic hydroxyl groups is 1. The van der Waals surface area contributed by atoms with Crippen molar-refractivity contribution in [3.8, 4) is 5.75 Å². The standard InChI is InChI=1S/C20H30NO2/c1-4-12-21(3,13-5-2)15-19(22)16-23-20-11-10-17-8-6-7-9-18(17)14-20/h6-11,14,19,22H,4-5,12-13,15-16H2,1-3H3/q+1. The summed E-state index contributed by atoms with van der Waals surface area (Å²) in [5, 5.41) is 12.7. The number of hydrogen-bond acceptors (Lipinski definition) is 2. The predicted molar refractivity (Wildman–Crippen MR) is 96.8 cm³/mol. The van der Waals surface area contributed by atoms with Crippen LogP contribution in [0.3, 0.4) is 0 Å². The molecular formula is C20H30NO2+. The van der Waals surface area contributed by atoms with Gasteiger partial charge in [-0.3, -0.25) is 0 Å². The van der Waals surface area contributed by atoms with Crippen molar-refractivity contribution in [3.05, 3.63) is 42.5 Å². The van der Waals surface area contributed by atoms with Crippen molar-refractivity contribution < 1.29 is 14.3 Å². The van der Waals surface area contributed by atoms with Crippen LogP contribution in [0.4, 0.5) is 0 Å². The molecule has 0 saturated heterocycles. The van der Waals surface area contributed by atoms with Crippen molar-refractivity contribution in [3.63, 3.8) is 0 Å². The first-order chi connectivity index (χ1) is 11.1. The third-order valence-electron chi connectivity index (χ3n) is 4.34. The van der Waals surface area contributed by atoms with E-state index in [9.17, 15) is 5.11 Å². The van der Waals surface area contributed by atoms with E-state index in [1.807, 2.05) is 24.3 Å². The smallest absolute Gasteiger partial charge is 0.137 e. The Morgan fingerprint density at radius 2 is 1.65 bits per heavy atom. The number of quaternary nitrogens is 1. The van der Waals surface area contributed by atoms with Crippen molar-refractivity contribution in [1.29, 1.82) is 0 Å². The van der Waals surface area contributed by atoms with Gasteiger partial charge in [0, 0.05) is 0 Å². The number of benzene rings is 2. The van der Waals surface area contributed by atoms with Crippen LogP contribution in [-0.2, 0) is 0 Å². The molecule has 23 heavy (non-hydrogen) atoms. The fourth-order valence-electron chi connectivity index (χ4n) is 3.39. The highest BCUT2D eigenvalue weighted by molar-refractivity contribution is 5.83. The summed E-state index contributed by atoms with van der Waals surface area (Å²) in [4.78, 5) is 0. The van der Waals surface area contributed by atoms with Gasteiger partial charge < -0.3 is 14.3 Å². The van der Waals surface area contributed by atoms with E-state index in [1.54, 1.807) is 0 Å². The maximum atomic E-state index is 10.4. The minimum atomic E-state index is -0.440. The van der Waals surface area contributed by atoms with Gasteiger partial charge in [0.2, 0.25) is 0 Å². The van der Waals surface area contributed by atoms with Crippen LogP contribution in [0.25, 0.3) is 10.8 Å². The number of rotatable bonds is 9. The summed E-state index contributed by atoms with van der Waals surface area (Å²) in [5.41, 5.74) is 0. The van der Waals surface area contributed by atoms with Crippen LogP contribution in [0.1, 0.15) is 26.7 Å². The number of hydrogen-bond donors (Lipinski definition) is 1. The zero-order valence-electron chi connectivity index (χ0n) is 14.7. The first-order valence-corrected chi connectivity index (χ1v) is 8.69. The first-order valence-electron chi connectivity index (χ1n) is 8.69. The van der Waals surface area contributed by atoms with Gasteiger partial charge in [0.05, 0.1) is 20.1 Å². The molecule has 0 aliphatic heterocycles. The van der Waals surface area contributed by atoms with E-state index in [-0.39, 0.29) is 0 Å². The van der Waals surface area contributed by atoms with Crippen molar-refractivity contribution in [1.82, 2.24) is 0 Å². The van der Waals surface area contributed by atoms with Gasteiger partial charge in [-0.25, -0.2) is 0 Å². The normalized spacial score (nSPS) is 13.2. The number of ether oxygens (including phenoxy) is 1. The van der Waals surface area contributed by atoms with E-state index in [1.165, 1.54) is 5.39 Å². The molecule has 2 rings (SSSR count). The van der Waals surface area contributed by atoms with Crippen LogP contribution in [0.15, 0.2) is 42.5 Å². The molecule has 1 unspecified atom stereocenters. The zero-order valence-corrected chi connectivity index (χ0v) is 14.7. The maximum absolute atomic E-state index is 10.4. The largest absolute Gasteiger partial charge is 0.491 e. The van der Waals surface area contributed by atoms with Gasteiger partial charge in [0.1, 0.15) is 25.0 Å². The molecule has 0 aliphatic carbocycles. The molecule has 3 nitrogen and oxygen atoms in total. The summed E-state index contributed by atoms with van der Waals surface area (Å²) in [7, 11) is 2.23. The van der Waals surface area contributed by atoms with Gasteiger partial charge in [0.15, 0.2) is 0 Å². The molecule has 0 heterocycles. The Bertz CT molecular complexity index is 605. The number of likely N-dealkylation sites (N-methyl/N-ethyl adjacent to an activating group) is 1. The molecule has 0 spiro atoms. The third kappa shape index (κ3) is 5.22. The molecule has 0 saturated carbocycles. The van der Waals surface area contributed by atoms with Gasteiger partial charge in [-0.15, -0.1) is 0 Å². The second-order valence-electron chi connectivity index (χ2n) is 6.72. The Labute approximate surface area is 140 Å². The molecule has 1 atom stereocenters. The molecule has 0 bridgehead atoms. The number of aliphatic hydroxyl groups excluding tert-OH is 1. The Morgan fingerprint density at radius 3 is 2.30 bits per heavy atom. The molecule has 0 radical (unpaired) electrons. The highest BCUT2D eigenvalue weighted by Gasteiger charge is 2.24. The highest BCUT2D eigenvalue weighted by atomic mass is 16.5. The minimum absolute atomic E-state index is 0.347. The summed E-state index contributed by atoms with van der Waals surface area (Å²) in [5.74, 6) is 0.822. The molecule has 1 N–H and O–H groups in total. The SMILES string of the molecule is CCC[N+](C)(CCC)CC(O)COc1ccc2ccccc2c1. The van der Waals surface area contributed by atoms with E-state index in [0.29, 0.717) is 6.61 Å². The van der Waals surface area contributed by atoms with Crippen LogP contribution >= 0.6 is 0 Å². The quantitative estimate of drug-likeness (QED) is 0.712. The van der Waals surface area contributed by atoms with Gasteiger partial charge in [-0.05, 0) is 35.7 Å². The molecule has 0 amide bonds. The molecular weight excluding hydrogens is 286 g/mol. The molecule has 126 valence electrons. The van der Waals surface area contributed by atoms with Crippen LogP contribution < -0.4 is 4.74 Å². The van der Waals surface area contributed by atoms with Crippen LogP contribution in [-0.4, -0.2) is 49.0 Å². The lowest BCUT2D eigenvalue weighted by molar-refractivity contribution is -0.912. The average Bonchev–Trinajstić information content (AvgIpc) is 2.53. The molecule has 0 fully saturated rings. The first kappa shape index (κ1) is 17.8. The molecule has 0 aromatic heterocycles. The van der Waals surface area contributed by atoms with Gasteiger partial charge in [0.25, 0.3) is 0 Å². The molecule has 3 heteroatoms. The van der Waals surface area contributed by atoms with Crippen molar-refractivity contribution >= 4 is 10.8 Å². The van der Waals surface area contributed by atoms with Gasteiger partial charge >= 0.3 is 0 Å². The summed E-state index contributed by atoms with van der Waals surface area (Å²) in [6.45, 7) is 7.69. The second kappa shape index (κ2) is 8.32. The summed E-state index contributed by atoms with van der Waals surface area (Å²) in [6, 6.07) is 14.3. The topological polar surface area (TPSA) is 29.5 Å². The lowest BCUT2D eigenvalue weighted by Gasteiger charge is -2.35. The van der Waals surface area contributed by atoms with E-state index in [2.05, 4.69) is 39.1 Å². The molecule has 0 aliphatic rings.